The van der Waals surface area contributed by atoms with E-state index in [9.17, 15) is 9.59 Å². The van der Waals surface area contributed by atoms with Crippen LogP contribution in [0.15, 0.2) is 52.4 Å². The van der Waals surface area contributed by atoms with Gasteiger partial charge < -0.3 is 24.3 Å². The SMILES string of the molecule is CCn1c(CNC(=O)c2ccc3c(c2)OCO3)nnc1SCc1nc2ccccc2c(=O)[nH]1. The number of hydrogen-bond donors (Lipinski definition) is 2. The predicted octanol–water partition coefficient (Wildman–Crippen LogP) is 2.49. The molecular formula is C22H20N6O4S. The Morgan fingerprint density at radius 1 is 1.18 bits per heavy atom. The number of fused-ring (bicyclic) bond motifs is 2. The van der Waals surface area contributed by atoms with Crippen molar-refractivity contribution >= 4 is 28.6 Å². The number of ether oxygens (including phenoxy) is 2. The summed E-state index contributed by atoms with van der Waals surface area (Å²) >= 11 is 1.42. The van der Waals surface area contributed by atoms with Crippen LogP contribution in [0.25, 0.3) is 10.9 Å². The molecule has 2 aromatic heterocycles. The van der Waals surface area contributed by atoms with Crippen molar-refractivity contribution in [3.8, 4) is 11.5 Å². The summed E-state index contributed by atoms with van der Waals surface area (Å²) in [5.74, 6) is 2.56. The molecule has 2 aromatic carbocycles. The molecule has 1 aliphatic rings. The van der Waals surface area contributed by atoms with Crippen LogP contribution >= 0.6 is 11.8 Å². The van der Waals surface area contributed by atoms with E-state index in [4.69, 9.17) is 9.47 Å². The highest BCUT2D eigenvalue weighted by Gasteiger charge is 2.18. The Balaban J connectivity index is 1.26. The minimum Gasteiger partial charge on any atom is -0.454 e. The molecule has 3 heterocycles. The van der Waals surface area contributed by atoms with Crippen LogP contribution in [0, 0.1) is 0 Å². The van der Waals surface area contributed by atoms with E-state index in [2.05, 4.69) is 25.5 Å². The molecule has 0 unspecified atom stereocenters. The minimum atomic E-state index is -0.244. The zero-order chi connectivity index (χ0) is 22.8. The summed E-state index contributed by atoms with van der Waals surface area (Å²) < 4.78 is 12.5. The lowest BCUT2D eigenvalue weighted by molar-refractivity contribution is 0.0949. The molecule has 0 spiro atoms. The topological polar surface area (TPSA) is 124 Å². The number of carbonyl (C=O) groups excluding carboxylic acids is 1. The first-order valence-corrected chi connectivity index (χ1v) is 11.3. The Bertz CT molecular complexity index is 1400. The molecule has 4 aromatic rings. The summed E-state index contributed by atoms with van der Waals surface area (Å²) in [4.78, 5) is 32.2. The number of amides is 1. The zero-order valence-corrected chi connectivity index (χ0v) is 18.5. The molecule has 2 N–H and O–H groups in total. The predicted molar refractivity (Wildman–Crippen MR) is 121 cm³/mol. The lowest BCUT2D eigenvalue weighted by atomic mass is 10.2. The lowest BCUT2D eigenvalue weighted by Gasteiger charge is -2.09. The van der Waals surface area contributed by atoms with Crippen LogP contribution in [0.5, 0.6) is 11.5 Å². The van der Waals surface area contributed by atoms with Crippen LogP contribution in [0.3, 0.4) is 0 Å². The number of para-hydroxylation sites is 1. The summed E-state index contributed by atoms with van der Waals surface area (Å²) in [5.41, 5.74) is 0.962. The summed E-state index contributed by atoms with van der Waals surface area (Å²) in [6, 6.07) is 12.3. The second-order valence-electron chi connectivity index (χ2n) is 7.21. The van der Waals surface area contributed by atoms with Gasteiger partial charge in [0.2, 0.25) is 6.79 Å². The first-order chi connectivity index (χ1) is 16.1. The average Bonchev–Trinajstić information content (AvgIpc) is 3.47. The molecule has 0 fully saturated rings. The number of nitrogens with zero attached hydrogens (tertiary/aromatic N) is 4. The number of hydrogen-bond acceptors (Lipinski definition) is 8. The van der Waals surface area contributed by atoms with Crippen molar-refractivity contribution in [2.24, 2.45) is 0 Å². The van der Waals surface area contributed by atoms with Gasteiger partial charge in [0.25, 0.3) is 11.5 Å². The summed E-state index contributed by atoms with van der Waals surface area (Å²) in [6.07, 6.45) is 0. The monoisotopic (exact) mass is 464 g/mol. The lowest BCUT2D eigenvalue weighted by Crippen LogP contribution is -2.24. The fourth-order valence-electron chi connectivity index (χ4n) is 3.51. The molecule has 1 amide bonds. The number of nitrogens with one attached hydrogen (secondary N) is 2. The van der Waals surface area contributed by atoms with E-state index >= 15 is 0 Å². The van der Waals surface area contributed by atoms with Crippen LogP contribution in [0.1, 0.15) is 28.9 Å². The van der Waals surface area contributed by atoms with Crippen LogP contribution in [-0.2, 0) is 18.8 Å². The van der Waals surface area contributed by atoms with Crippen molar-refractivity contribution in [3.05, 3.63) is 70.0 Å². The highest BCUT2D eigenvalue weighted by Crippen LogP contribution is 2.32. The number of H-pyrrole nitrogens is 1. The van der Waals surface area contributed by atoms with Gasteiger partial charge in [-0.05, 0) is 37.3 Å². The van der Waals surface area contributed by atoms with Crippen LogP contribution < -0.4 is 20.3 Å². The standard InChI is InChI=1S/C22H20N6O4S/c1-2-28-19(10-23-20(29)13-7-8-16-17(9-13)32-12-31-16)26-27-22(28)33-11-18-24-15-6-4-3-5-14(15)21(30)25-18/h3-9H,2,10-12H2,1H3,(H,23,29)(H,24,25,30). The maximum atomic E-state index is 12.6. The van der Waals surface area contributed by atoms with Gasteiger partial charge in [0, 0.05) is 12.1 Å². The van der Waals surface area contributed by atoms with E-state index in [1.54, 1.807) is 24.3 Å². The van der Waals surface area contributed by atoms with E-state index in [-0.39, 0.29) is 24.8 Å². The van der Waals surface area contributed by atoms with E-state index in [0.717, 1.165) is 0 Å². The van der Waals surface area contributed by atoms with Gasteiger partial charge in [-0.3, -0.25) is 9.59 Å². The molecular weight excluding hydrogens is 444 g/mol. The molecule has 0 saturated carbocycles. The molecule has 0 atom stereocenters. The Kier molecular flexibility index (Phi) is 5.69. The highest BCUT2D eigenvalue weighted by molar-refractivity contribution is 7.98. The van der Waals surface area contributed by atoms with Crippen molar-refractivity contribution in [1.82, 2.24) is 30.0 Å². The molecule has 1 aliphatic heterocycles. The fourth-order valence-corrected chi connectivity index (χ4v) is 4.40. The van der Waals surface area contributed by atoms with Gasteiger partial charge in [-0.15, -0.1) is 10.2 Å². The minimum absolute atomic E-state index is 0.156. The largest absolute Gasteiger partial charge is 0.454 e. The van der Waals surface area contributed by atoms with Gasteiger partial charge in [-0.2, -0.15) is 0 Å². The van der Waals surface area contributed by atoms with Crippen molar-refractivity contribution < 1.29 is 14.3 Å². The molecule has 168 valence electrons. The maximum absolute atomic E-state index is 12.6. The van der Waals surface area contributed by atoms with Crippen molar-refractivity contribution in [3.63, 3.8) is 0 Å². The van der Waals surface area contributed by atoms with E-state index < -0.39 is 0 Å². The Labute approximate surface area is 192 Å². The van der Waals surface area contributed by atoms with Gasteiger partial charge in [0.1, 0.15) is 5.82 Å². The van der Waals surface area contributed by atoms with Crippen LogP contribution in [-0.4, -0.2) is 37.4 Å². The van der Waals surface area contributed by atoms with Crippen LogP contribution in [0.4, 0.5) is 0 Å². The Morgan fingerprint density at radius 3 is 2.91 bits per heavy atom. The molecule has 0 aliphatic carbocycles. The molecule has 0 radical (unpaired) electrons. The number of carbonyl (C=O) groups is 1. The maximum Gasteiger partial charge on any atom is 0.258 e. The third-order valence-corrected chi connectivity index (χ3v) is 6.13. The van der Waals surface area contributed by atoms with Crippen molar-refractivity contribution in [2.75, 3.05) is 6.79 Å². The molecule has 10 nitrogen and oxygen atoms in total. The van der Waals surface area contributed by atoms with Gasteiger partial charge in [-0.25, -0.2) is 4.98 Å². The normalized spacial score (nSPS) is 12.3. The number of rotatable bonds is 7. The van der Waals surface area contributed by atoms with Gasteiger partial charge in [0.05, 0.1) is 23.2 Å². The summed E-state index contributed by atoms with van der Waals surface area (Å²) in [7, 11) is 0. The molecule has 11 heteroatoms. The third kappa shape index (κ3) is 4.27. The molecule has 5 rings (SSSR count). The Hall–Kier alpha value is -3.86. The molecule has 33 heavy (non-hydrogen) atoms. The number of aromatic nitrogens is 5. The first-order valence-electron chi connectivity index (χ1n) is 10.3. The third-order valence-electron chi connectivity index (χ3n) is 5.15. The summed E-state index contributed by atoms with van der Waals surface area (Å²) in [6.45, 7) is 2.99. The van der Waals surface area contributed by atoms with Gasteiger partial charge in [0.15, 0.2) is 22.5 Å². The molecule has 0 saturated heterocycles. The smallest absolute Gasteiger partial charge is 0.258 e. The second-order valence-corrected chi connectivity index (χ2v) is 8.15. The van der Waals surface area contributed by atoms with Crippen molar-refractivity contribution in [2.45, 2.75) is 30.9 Å². The van der Waals surface area contributed by atoms with E-state index in [1.807, 2.05) is 29.7 Å². The number of benzene rings is 2. The number of aromatic amines is 1. The zero-order valence-electron chi connectivity index (χ0n) is 17.7. The Morgan fingerprint density at radius 2 is 2.03 bits per heavy atom. The summed E-state index contributed by atoms with van der Waals surface area (Å²) in [5, 5.41) is 12.6. The van der Waals surface area contributed by atoms with E-state index in [1.165, 1.54) is 11.8 Å². The second kappa shape index (κ2) is 8.94. The first kappa shape index (κ1) is 21.0. The fraction of sp³-hybridized carbons (Fsp3) is 0.227. The number of thioether (sulfide) groups is 1. The quantitative estimate of drug-likeness (QED) is 0.400. The molecule has 0 bridgehead atoms. The van der Waals surface area contributed by atoms with Crippen molar-refractivity contribution in [1.29, 1.82) is 0 Å². The van der Waals surface area contributed by atoms with Gasteiger partial charge in [-0.1, -0.05) is 23.9 Å². The van der Waals surface area contributed by atoms with E-state index in [0.29, 0.717) is 57.1 Å². The highest BCUT2D eigenvalue weighted by atomic mass is 32.2. The van der Waals surface area contributed by atoms with Crippen LogP contribution in [0.2, 0.25) is 0 Å². The van der Waals surface area contributed by atoms with Gasteiger partial charge >= 0.3 is 0 Å². The average molecular weight is 465 g/mol.